The van der Waals surface area contributed by atoms with E-state index < -0.39 is 0 Å². The van der Waals surface area contributed by atoms with Gasteiger partial charge in [0.05, 0.1) is 16.8 Å². The first-order valence-corrected chi connectivity index (χ1v) is 7.71. The molecule has 1 aliphatic carbocycles. The van der Waals surface area contributed by atoms with Crippen LogP contribution in [0.4, 0.5) is 5.69 Å². The molecule has 18 heavy (non-hydrogen) atoms. The minimum absolute atomic E-state index is 0.595. The van der Waals surface area contributed by atoms with Gasteiger partial charge in [0, 0.05) is 5.02 Å². The average molecular weight is 333 g/mol. The number of halogens is 2. The monoisotopic (exact) mass is 331 g/mol. The number of anilines is 1. The molecule has 0 aliphatic heterocycles. The third kappa shape index (κ3) is 3.79. The summed E-state index contributed by atoms with van der Waals surface area (Å²) in [6, 6.07) is 3.54. The summed E-state index contributed by atoms with van der Waals surface area (Å²) in [6.07, 6.45) is 7.96. The maximum absolute atomic E-state index is 5.91. The molecule has 1 aromatic carbocycles. The third-order valence-corrected chi connectivity index (χ3v) is 4.34. The minimum atomic E-state index is 0.595. The molecule has 0 saturated heterocycles. The van der Waals surface area contributed by atoms with Gasteiger partial charge in [0.2, 0.25) is 0 Å². The third-order valence-electron chi connectivity index (χ3n) is 3.53. The summed E-state index contributed by atoms with van der Waals surface area (Å²) in [7, 11) is 0. The Labute approximate surface area is 122 Å². The number of nitrogen functional groups attached to an aromatic ring is 1. The Hall–Kier alpha value is -0.410. The second-order valence-electron chi connectivity index (χ2n) is 4.95. The topological polar surface area (TPSA) is 35.2 Å². The summed E-state index contributed by atoms with van der Waals surface area (Å²) in [5.74, 6) is 1.54. The van der Waals surface area contributed by atoms with Gasteiger partial charge in [-0.2, -0.15) is 0 Å². The Morgan fingerprint density at radius 2 is 2.00 bits per heavy atom. The van der Waals surface area contributed by atoms with Crippen LogP contribution in [-0.2, 0) is 0 Å². The van der Waals surface area contributed by atoms with Gasteiger partial charge in [-0.05, 0) is 40.4 Å². The molecule has 0 bridgehead atoms. The Balaban J connectivity index is 1.86. The molecule has 2 N–H and O–H groups in total. The van der Waals surface area contributed by atoms with Gasteiger partial charge >= 0.3 is 0 Å². The van der Waals surface area contributed by atoms with Crippen molar-refractivity contribution >= 4 is 33.2 Å². The fourth-order valence-electron chi connectivity index (χ4n) is 2.54. The highest BCUT2D eigenvalue weighted by molar-refractivity contribution is 9.10. The Bertz CT molecular complexity index is 382. The van der Waals surface area contributed by atoms with Gasteiger partial charge in [0.25, 0.3) is 0 Å². The second-order valence-corrected chi connectivity index (χ2v) is 6.24. The van der Waals surface area contributed by atoms with Gasteiger partial charge in [-0.1, -0.05) is 43.7 Å². The lowest BCUT2D eigenvalue weighted by Gasteiger charge is -2.21. The number of hydrogen-bond acceptors (Lipinski definition) is 2. The summed E-state index contributed by atoms with van der Waals surface area (Å²) in [5.41, 5.74) is 6.50. The van der Waals surface area contributed by atoms with Crippen LogP contribution in [0.25, 0.3) is 0 Å². The molecule has 1 fully saturated rings. The number of rotatable bonds is 4. The molecule has 2 rings (SSSR count). The molecule has 1 aliphatic rings. The number of hydrogen-bond donors (Lipinski definition) is 1. The van der Waals surface area contributed by atoms with E-state index in [-0.39, 0.29) is 0 Å². The van der Waals surface area contributed by atoms with Crippen LogP contribution in [-0.4, -0.2) is 6.61 Å². The molecular weight excluding hydrogens is 314 g/mol. The molecule has 100 valence electrons. The van der Waals surface area contributed by atoms with Crippen molar-refractivity contribution in [1.82, 2.24) is 0 Å². The lowest BCUT2D eigenvalue weighted by molar-refractivity contribution is 0.246. The maximum atomic E-state index is 5.91. The van der Waals surface area contributed by atoms with Gasteiger partial charge in [0.1, 0.15) is 0 Å². The lowest BCUT2D eigenvalue weighted by atomic mass is 9.87. The van der Waals surface area contributed by atoms with E-state index in [4.69, 9.17) is 22.1 Å². The molecule has 0 unspecified atom stereocenters. The second kappa shape index (κ2) is 6.67. The van der Waals surface area contributed by atoms with E-state index in [0.717, 1.165) is 29.2 Å². The van der Waals surface area contributed by atoms with Crippen LogP contribution in [0.3, 0.4) is 0 Å². The van der Waals surface area contributed by atoms with Crippen LogP contribution in [0.2, 0.25) is 5.02 Å². The predicted octanol–water partition coefficient (Wildman–Crippen LogP) is 5.03. The van der Waals surface area contributed by atoms with Gasteiger partial charge in [0.15, 0.2) is 5.75 Å². The van der Waals surface area contributed by atoms with Crippen LogP contribution in [0.1, 0.15) is 38.5 Å². The van der Waals surface area contributed by atoms with E-state index in [1.54, 1.807) is 6.07 Å². The first-order chi connectivity index (χ1) is 8.66. The molecule has 0 amide bonds. The lowest BCUT2D eigenvalue weighted by Crippen LogP contribution is -2.11. The normalized spacial score (nSPS) is 16.8. The van der Waals surface area contributed by atoms with Crippen molar-refractivity contribution in [1.29, 1.82) is 0 Å². The van der Waals surface area contributed by atoms with E-state index in [2.05, 4.69) is 15.9 Å². The molecule has 0 spiro atoms. The standard InChI is InChI=1S/C14H19BrClNO/c15-12-8-11(16)9-13(17)14(12)18-7-6-10-4-2-1-3-5-10/h8-10H,1-7,17H2. The molecule has 0 aromatic heterocycles. The van der Waals surface area contributed by atoms with Crippen LogP contribution < -0.4 is 10.5 Å². The van der Waals surface area contributed by atoms with E-state index in [0.29, 0.717) is 10.7 Å². The van der Waals surface area contributed by atoms with Crippen molar-refractivity contribution in [3.63, 3.8) is 0 Å². The quantitative estimate of drug-likeness (QED) is 0.784. The van der Waals surface area contributed by atoms with E-state index in [1.165, 1.54) is 32.1 Å². The molecule has 1 saturated carbocycles. The van der Waals surface area contributed by atoms with Crippen molar-refractivity contribution in [3.05, 3.63) is 21.6 Å². The van der Waals surface area contributed by atoms with Crippen LogP contribution in [0.15, 0.2) is 16.6 Å². The van der Waals surface area contributed by atoms with Gasteiger partial charge in [-0.3, -0.25) is 0 Å². The van der Waals surface area contributed by atoms with Crippen LogP contribution in [0, 0.1) is 5.92 Å². The molecule has 1 aromatic rings. The van der Waals surface area contributed by atoms with E-state index >= 15 is 0 Å². The predicted molar refractivity (Wildman–Crippen MR) is 80.3 cm³/mol. The van der Waals surface area contributed by atoms with Crippen molar-refractivity contribution in [2.45, 2.75) is 38.5 Å². The fraction of sp³-hybridized carbons (Fsp3) is 0.571. The first kappa shape index (κ1) is 14.0. The average Bonchev–Trinajstić information content (AvgIpc) is 2.34. The summed E-state index contributed by atoms with van der Waals surface area (Å²) < 4.78 is 6.62. The highest BCUT2D eigenvalue weighted by atomic mass is 79.9. The molecule has 2 nitrogen and oxygen atoms in total. The SMILES string of the molecule is Nc1cc(Cl)cc(Br)c1OCCC1CCCCC1. The zero-order chi connectivity index (χ0) is 13.0. The highest BCUT2D eigenvalue weighted by Crippen LogP contribution is 2.35. The zero-order valence-electron chi connectivity index (χ0n) is 10.4. The smallest absolute Gasteiger partial charge is 0.156 e. The van der Waals surface area contributed by atoms with Crippen LogP contribution in [0.5, 0.6) is 5.75 Å². The molecule has 0 heterocycles. The largest absolute Gasteiger partial charge is 0.490 e. The molecular formula is C14H19BrClNO. The summed E-state index contributed by atoms with van der Waals surface area (Å²) >= 11 is 9.35. The molecule has 4 heteroatoms. The van der Waals surface area contributed by atoms with Gasteiger partial charge in [-0.25, -0.2) is 0 Å². The van der Waals surface area contributed by atoms with E-state index in [9.17, 15) is 0 Å². The summed E-state index contributed by atoms with van der Waals surface area (Å²) in [5, 5.41) is 0.624. The van der Waals surface area contributed by atoms with Crippen molar-refractivity contribution in [2.75, 3.05) is 12.3 Å². The minimum Gasteiger partial charge on any atom is -0.490 e. The summed E-state index contributed by atoms with van der Waals surface area (Å²) in [4.78, 5) is 0. The highest BCUT2D eigenvalue weighted by Gasteiger charge is 2.14. The van der Waals surface area contributed by atoms with Crippen LogP contribution >= 0.6 is 27.5 Å². The Morgan fingerprint density at radius 1 is 1.28 bits per heavy atom. The van der Waals surface area contributed by atoms with Crippen molar-refractivity contribution < 1.29 is 4.74 Å². The Kier molecular flexibility index (Phi) is 5.19. The number of ether oxygens (including phenoxy) is 1. The Morgan fingerprint density at radius 3 is 2.67 bits per heavy atom. The molecule has 0 radical (unpaired) electrons. The first-order valence-electron chi connectivity index (χ1n) is 6.54. The molecule has 0 atom stereocenters. The number of nitrogens with two attached hydrogens (primary N) is 1. The van der Waals surface area contributed by atoms with Gasteiger partial charge in [-0.15, -0.1) is 0 Å². The summed E-state index contributed by atoms with van der Waals surface area (Å²) in [6.45, 7) is 0.731. The number of benzene rings is 1. The fourth-order valence-corrected chi connectivity index (χ4v) is 3.48. The van der Waals surface area contributed by atoms with Crippen molar-refractivity contribution in [2.24, 2.45) is 5.92 Å². The van der Waals surface area contributed by atoms with Gasteiger partial charge < -0.3 is 10.5 Å². The van der Waals surface area contributed by atoms with E-state index in [1.807, 2.05) is 6.07 Å². The zero-order valence-corrected chi connectivity index (χ0v) is 12.8. The maximum Gasteiger partial charge on any atom is 0.156 e. The van der Waals surface area contributed by atoms with Crippen molar-refractivity contribution in [3.8, 4) is 5.75 Å².